The molecular weight excluding hydrogens is 330 g/mol. The van der Waals surface area contributed by atoms with Gasteiger partial charge in [-0.2, -0.15) is 0 Å². The van der Waals surface area contributed by atoms with Gasteiger partial charge in [0.25, 0.3) is 0 Å². The molecule has 140 valence electrons. The van der Waals surface area contributed by atoms with Crippen molar-refractivity contribution in [1.29, 1.82) is 0 Å². The van der Waals surface area contributed by atoms with Crippen LogP contribution in [0.5, 0.6) is 0 Å². The highest BCUT2D eigenvalue weighted by Gasteiger charge is 2.30. The molecule has 0 aliphatic carbocycles. The Labute approximate surface area is 153 Å². The minimum absolute atomic E-state index is 0.218. The highest BCUT2D eigenvalue weighted by molar-refractivity contribution is 5.92. The van der Waals surface area contributed by atoms with Gasteiger partial charge in [0, 0.05) is 54.9 Å². The summed E-state index contributed by atoms with van der Waals surface area (Å²) in [4.78, 5) is 31.3. The van der Waals surface area contributed by atoms with Crippen LogP contribution in [0.2, 0.25) is 0 Å². The van der Waals surface area contributed by atoms with Gasteiger partial charge in [0.2, 0.25) is 5.91 Å². The lowest BCUT2D eigenvalue weighted by Gasteiger charge is -2.26. The van der Waals surface area contributed by atoms with Crippen LogP contribution in [-0.2, 0) is 4.79 Å². The van der Waals surface area contributed by atoms with Gasteiger partial charge in [-0.05, 0) is 51.2 Å². The normalized spacial score (nSPS) is 17.3. The number of rotatable bonds is 7. The quantitative estimate of drug-likeness (QED) is 0.711. The van der Waals surface area contributed by atoms with Gasteiger partial charge in [0.05, 0.1) is 0 Å². The predicted octanol–water partition coefficient (Wildman–Crippen LogP) is 2.23. The molecule has 3 N–H and O–H groups in total. The number of hydrogen-bond acceptors (Lipinski definition) is 3. The SMILES string of the molecule is CN(C)CCN1C(=O)CC[C@@H]1CCNC(=O)Nc1ccc2[nH]ccc2c1. The molecule has 0 spiro atoms. The summed E-state index contributed by atoms with van der Waals surface area (Å²) < 4.78 is 0. The number of H-pyrrole nitrogens is 1. The number of fused-ring (bicyclic) bond motifs is 1. The van der Waals surface area contributed by atoms with Crippen molar-refractivity contribution in [1.82, 2.24) is 20.1 Å². The van der Waals surface area contributed by atoms with E-state index in [1.807, 2.05) is 49.5 Å². The maximum Gasteiger partial charge on any atom is 0.319 e. The van der Waals surface area contributed by atoms with Crippen molar-refractivity contribution in [2.24, 2.45) is 0 Å². The minimum Gasteiger partial charge on any atom is -0.361 e. The second kappa shape index (κ2) is 8.23. The van der Waals surface area contributed by atoms with Crippen LogP contribution >= 0.6 is 0 Å². The fraction of sp³-hybridized carbons (Fsp3) is 0.474. The van der Waals surface area contributed by atoms with E-state index in [0.29, 0.717) is 13.0 Å². The Bertz CT molecular complexity index is 770. The molecule has 3 amide bonds. The van der Waals surface area contributed by atoms with Gasteiger partial charge in [0.1, 0.15) is 0 Å². The Hall–Kier alpha value is -2.54. The third-order valence-electron chi connectivity index (χ3n) is 4.81. The monoisotopic (exact) mass is 357 g/mol. The van der Waals surface area contributed by atoms with E-state index >= 15 is 0 Å². The van der Waals surface area contributed by atoms with Crippen molar-refractivity contribution in [3.63, 3.8) is 0 Å². The molecule has 1 aliphatic rings. The Balaban J connectivity index is 1.44. The van der Waals surface area contributed by atoms with E-state index in [4.69, 9.17) is 0 Å². The number of carbonyl (C=O) groups is 2. The lowest BCUT2D eigenvalue weighted by Crippen LogP contribution is -2.40. The van der Waals surface area contributed by atoms with E-state index in [9.17, 15) is 9.59 Å². The molecule has 1 aromatic carbocycles. The topological polar surface area (TPSA) is 80.5 Å². The number of anilines is 1. The van der Waals surface area contributed by atoms with Gasteiger partial charge in [0.15, 0.2) is 0 Å². The van der Waals surface area contributed by atoms with Crippen LogP contribution in [0.4, 0.5) is 10.5 Å². The second-order valence-electron chi connectivity index (χ2n) is 7.03. The van der Waals surface area contributed by atoms with Crippen LogP contribution in [-0.4, -0.2) is 66.5 Å². The molecule has 3 rings (SSSR count). The Kier molecular flexibility index (Phi) is 5.78. The molecule has 26 heavy (non-hydrogen) atoms. The summed E-state index contributed by atoms with van der Waals surface area (Å²) in [5.74, 6) is 0.223. The molecule has 0 bridgehead atoms. The minimum atomic E-state index is -0.218. The van der Waals surface area contributed by atoms with E-state index in [0.717, 1.165) is 42.5 Å². The van der Waals surface area contributed by atoms with Gasteiger partial charge < -0.3 is 25.4 Å². The van der Waals surface area contributed by atoms with E-state index < -0.39 is 0 Å². The summed E-state index contributed by atoms with van der Waals surface area (Å²) in [6.07, 6.45) is 4.14. The number of aromatic amines is 1. The highest BCUT2D eigenvalue weighted by Crippen LogP contribution is 2.21. The number of urea groups is 1. The van der Waals surface area contributed by atoms with Crippen molar-refractivity contribution >= 4 is 28.5 Å². The Morgan fingerprint density at radius 1 is 1.35 bits per heavy atom. The number of amides is 3. The summed E-state index contributed by atoms with van der Waals surface area (Å²) in [6, 6.07) is 7.72. The van der Waals surface area contributed by atoms with Crippen LogP contribution in [0, 0.1) is 0 Å². The largest absolute Gasteiger partial charge is 0.361 e. The van der Waals surface area contributed by atoms with Crippen LogP contribution in [0.15, 0.2) is 30.5 Å². The number of nitrogens with zero attached hydrogens (tertiary/aromatic N) is 2. The molecule has 1 aromatic heterocycles. The maximum absolute atomic E-state index is 12.1. The van der Waals surface area contributed by atoms with Crippen LogP contribution < -0.4 is 10.6 Å². The molecule has 0 saturated carbocycles. The Morgan fingerprint density at radius 2 is 2.19 bits per heavy atom. The van der Waals surface area contributed by atoms with Crippen LogP contribution in [0.1, 0.15) is 19.3 Å². The fourth-order valence-electron chi connectivity index (χ4n) is 3.37. The molecule has 1 fully saturated rings. The fourth-order valence-corrected chi connectivity index (χ4v) is 3.37. The van der Waals surface area contributed by atoms with Crippen molar-refractivity contribution < 1.29 is 9.59 Å². The number of carbonyl (C=O) groups excluding carboxylic acids is 2. The summed E-state index contributed by atoms with van der Waals surface area (Å²) in [5, 5.41) is 6.81. The number of likely N-dealkylation sites (tertiary alicyclic amines) is 1. The molecule has 2 aromatic rings. The number of aromatic nitrogens is 1. The van der Waals surface area contributed by atoms with Crippen molar-refractivity contribution in [2.45, 2.75) is 25.3 Å². The lowest BCUT2D eigenvalue weighted by molar-refractivity contribution is -0.129. The van der Waals surface area contributed by atoms with E-state index in [2.05, 4.69) is 20.5 Å². The van der Waals surface area contributed by atoms with Crippen LogP contribution in [0.3, 0.4) is 0 Å². The zero-order chi connectivity index (χ0) is 18.5. The molecule has 1 aliphatic heterocycles. The first-order chi connectivity index (χ1) is 12.5. The summed E-state index contributed by atoms with van der Waals surface area (Å²) in [5.41, 5.74) is 1.80. The number of likely N-dealkylation sites (N-methyl/N-ethyl adjacent to an activating group) is 1. The zero-order valence-corrected chi connectivity index (χ0v) is 15.4. The van der Waals surface area contributed by atoms with Gasteiger partial charge in [-0.3, -0.25) is 4.79 Å². The predicted molar refractivity (Wildman–Crippen MR) is 103 cm³/mol. The third kappa shape index (κ3) is 4.54. The van der Waals surface area contributed by atoms with E-state index in [-0.39, 0.29) is 18.0 Å². The number of hydrogen-bond donors (Lipinski definition) is 3. The average Bonchev–Trinajstić information content (AvgIpc) is 3.19. The first-order valence-corrected chi connectivity index (χ1v) is 9.09. The highest BCUT2D eigenvalue weighted by atomic mass is 16.2. The maximum atomic E-state index is 12.1. The van der Waals surface area contributed by atoms with Crippen LogP contribution in [0.25, 0.3) is 10.9 Å². The second-order valence-corrected chi connectivity index (χ2v) is 7.03. The lowest BCUT2D eigenvalue weighted by atomic mass is 10.1. The standard InChI is InChI=1S/C19H27N5O2/c1-23(2)11-12-24-16(4-6-18(24)25)8-10-21-19(26)22-15-3-5-17-14(13-15)7-9-20-17/h3,5,7,9,13,16,20H,4,6,8,10-12H2,1-2H3,(H2,21,22,26)/t16-/m1/s1. The number of nitrogens with one attached hydrogen (secondary N) is 3. The summed E-state index contributed by atoms with van der Waals surface area (Å²) in [6.45, 7) is 2.16. The number of benzene rings is 1. The first-order valence-electron chi connectivity index (χ1n) is 9.09. The molecule has 7 heteroatoms. The first kappa shape index (κ1) is 18.3. The summed E-state index contributed by atoms with van der Waals surface area (Å²) >= 11 is 0. The van der Waals surface area contributed by atoms with Crippen molar-refractivity contribution in [3.05, 3.63) is 30.5 Å². The van der Waals surface area contributed by atoms with Gasteiger partial charge in [-0.25, -0.2) is 4.79 Å². The molecule has 1 saturated heterocycles. The molecule has 1 atom stereocenters. The van der Waals surface area contributed by atoms with E-state index in [1.165, 1.54) is 0 Å². The molecule has 0 radical (unpaired) electrons. The third-order valence-corrected chi connectivity index (χ3v) is 4.81. The zero-order valence-electron chi connectivity index (χ0n) is 15.4. The van der Waals surface area contributed by atoms with Gasteiger partial charge in [-0.1, -0.05) is 0 Å². The van der Waals surface area contributed by atoms with Crippen molar-refractivity contribution in [3.8, 4) is 0 Å². The smallest absolute Gasteiger partial charge is 0.319 e. The van der Waals surface area contributed by atoms with E-state index in [1.54, 1.807) is 0 Å². The Morgan fingerprint density at radius 3 is 3.00 bits per heavy atom. The summed E-state index contributed by atoms with van der Waals surface area (Å²) in [7, 11) is 4.01. The molecule has 0 unspecified atom stereocenters. The van der Waals surface area contributed by atoms with Gasteiger partial charge >= 0.3 is 6.03 Å². The molecule has 2 heterocycles. The van der Waals surface area contributed by atoms with Gasteiger partial charge in [-0.15, -0.1) is 0 Å². The molecular formula is C19H27N5O2. The average molecular weight is 357 g/mol. The molecule has 7 nitrogen and oxygen atoms in total. The van der Waals surface area contributed by atoms with Crippen molar-refractivity contribution in [2.75, 3.05) is 39.0 Å².